The molecule has 0 bridgehead atoms. The van der Waals surface area contributed by atoms with Crippen molar-refractivity contribution in [3.63, 3.8) is 0 Å². The second-order valence-corrected chi connectivity index (χ2v) is 7.23. The van der Waals surface area contributed by atoms with Gasteiger partial charge in [0.15, 0.2) is 0 Å². The lowest BCUT2D eigenvalue weighted by Gasteiger charge is -2.28. The van der Waals surface area contributed by atoms with Gasteiger partial charge in [0.25, 0.3) is 0 Å². The fourth-order valence-corrected chi connectivity index (χ4v) is 3.89. The molecule has 0 aromatic heterocycles. The molecule has 2 saturated heterocycles. The lowest BCUT2D eigenvalue weighted by Crippen LogP contribution is -2.36. The van der Waals surface area contributed by atoms with Crippen LogP contribution in [0.2, 0.25) is 0 Å². The van der Waals surface area contributed by atoms with E-state index in [9.17, 15) is 4.79 Å². The van der Waals surface area contributed by atoms with Crippen LogP contribution in [0.5, 0.6) is 0 Å². The van der Waals surface area contributed by atoms with Gasteiger partial charge in [0.05, 0.1) is 12.0 Å². The summed E-state index contributed by atoms with van der Waals surface area (Å²) in [6, 6.07) is 8.61. The molecule has 21 heavy (non-hydrogen) atoms. The summed E-state index contributed by atoms with van der Waals surface area (Å²) in [6.45, 7) is 3.27. The van der Waals surface area contributed by atoms with Crippen LogP contribution >= 0.6 is 15.9 Å². The molecule has 2 fully saturated rings. The molecule has 0 N–H and O–H groups in total. The maximum Gasteiger partial charge on any atom is 0.227 e. The van der Waals surface area contributed by atoms with Crippen LogP contribution in [0, 0.1) is 5.92 Å². The Morgan fingerprint density at radius 3 is 2.48 bits per heavy atom. The summed E-state index contributed by atoms with van der Waals surface area (Å²) in [7, 11) is 1.95. The molecule has 0 aliphatic carbocycles. The number of carbonyl (C=O) groups is 1. The van der Waals surface area contributed by atoms with E-state index in [2.05, 4.69) is 45.1 Å². The minimum Gasteiger partial charge on any atom is -0.338 e. The number of carbonyl (C=O) groups excluding carboxylic acids is 1. The first-order chi connectivity index (χ1) is 10.1. The fourth-order valence-electron chi connectivity index (χ4n) is 3.62. The monoisotopic (exact) mass is 350 g/mol. The normalized spacial score (nSPS) is 27.3. The van der Waals surface area contributed by atoms with E-state index in [1.807, 2.05) is 11.9 Å². The van der Waals surface area contributed by atoms with Crippen LogP contribution in [0.1, 0.15) is 37.3 Å². The molecule has 1 amide bonds. The standard InChI is InChI=1S/C17H23BrN2O/c1-19-16(13-5-7-15(18)8-6-13)11-14(17(19)21)12-20-9-3-2-4-10-20/h5-8,14,16H,2-4,9-12H2,1H3/t14-,16+/m1/s1. The minimum absolute atomic E-state index is 0.168. The average Bonchev–Trinajstić information content (AvgIpc) is 2.78. The van der Waals surface area contributed by atoms with Crippen molar-refractivity contribution in [2.24, 2.45) is 5.92 Å². The Hall–Kier alpha value is -0.870. The van der Waals surface area contributed by atoms with Crippen molar-refractivity contribution >= 4 is 21.8 Å². The van der Waals surface area contributed by atoms with Crippen LogP contribution in [0.4, 0.5) is 0 Å². The summed E-state index contributed by atoms with van der Waals surface area (Å²) in [4.78, 5) is 16.9. The van der Waals surface area contributed by atoms with Gasteiger partial charge in [-0.3, -0.25) is 4.79 Å². The summed E-state index contributed by atoms with van der Waals surface area (Å²) >= 11 is 3.47. The van der Waals surface area contributed by atoms with Crippen LogP contribution in [-0.4, -0.2) is 42.4 Å². The Morgan fingerprint density at radius 2 is 1.81 bits per heavy atom. The Kier molecular flexibility index (Phi) is 4.65. The molecule has 0 unspecified atom stereocenters. The van der Waals surface area contributed by atoms with E-state index in [-0.39, 0.29) is 12.0 Å². The first-order valence-corrected chi connectivity index (χ1v) is 8.69. The Morgan fingerprint density at radius 1 is 1.14 bits per heavy atom. The first-order valence-electron chi connectivity index (χ1n) is 7.89. The number of amides is 1. The fraction of sp³-hybridized carbons (Fsp3) is 0.588. The van der Waals surface area contributed by atoms with Gasteiger partial charge in [-0.1, -0.05) is 34.5 Å². The molecule has 1 aromatic rings. The molecular weight excluding hydrogens is 328 g/mol. The van der Waals surface area contributed by atoms with E-state index in [4.69, 9.17) is 0 Å². The molecule has 0 radical (unpaired) electrons. The van der Waals surface area contributed by atoms with E-state index in [0.29, 0.717) is 5.91 Å². The van der Waals surface area contributed by atoms with Gasteiger partial charge in [-0.15, -0.1) is 0 Å². The molecule has 1 aromatic carbocycles. The summed E-state index contributed by atoms with van der Waals surface area (Å²) in [5.41, 5.74) is 1.25. The number of benzene rings is 1. The molecule has 2 atom stereocenters. The number of hydrogen-bond donors (Lipinski definition) is 0. The van der Waals surface area contributed by atoms with Crippen molar-refractivity contribution in [1.29, 1.82) is 0 Å². The van der Waals surface area contributed by atoms with Gasteiger partial charge in [0.2, 0.25) is 5.91 Å². The maximum absolute atomic E-state index is 12.5. The zero-order chi connectivity index (χ0) is 14.8. The lowest BCUT2D eigenvalue weighted by molar-refractivity contribution is -0.131. The number of hydrogen-bond acceptors (Lipinski definition) is 2. The topological polar surface area (TPSA) is 23.6 Å². The van der Waals surface area contributed by atoms with Crippen molar-refractivity contribution in [3.05, 3.63) is 34.3 Å². The van der Waals surface area contributed by atoms with E-state index < -0.39 is 0 Å². The summed E-state index contributed by atoms with van der Waals surface area (Å²) in [5, 5.41) is 0. The van der Waals surface area contributed by atoms with E-state index in [1.165, 1.54) is 24.8 Å². The predicted molar refractivity (Wildman–Crippen MR) is 88.1 cm³/mol. The number of rotatable bonds is 3. The number of nitrogens with zero attached hydrogens (tertiary/aromatic N) is 2. The van der Waals surface area contributed by atoms with Gasteiger partial charge in [0, 0.05) is 18.1 Å². The average molecular weight is 351 g/mol. The van der Waals surface area contributed by atoms with Crippen molar-refractivity contribution < 1.29 is 4.79 Å². The third kappa shape index (κ3) is 3.32. The summed E-state index contributed by atoms with van der Waals surface area (Å²) in [5.74, 6) is 0.482. The molecule has 0 spiro atoms. The maximum atomic E-state index is 12.5. The summed E-state index contributed by atoms with van der Waals surface area (Å²) < 4.78 is 1.09. The third-order valence-corrected chi connectivity index (χ3v) is 5.38. The number of piperidine rings is 1. The van der Waals surface area contributed by atoms with Gasteiger partial charge in [-0.2, -0.15) is 0 Å². The number of likely N-dealkylation sites (tertiary alicyclic amines) is 2. The van der Waals surface area contributed by atoms with E-state index in [1.54, 1.807) is 0 Å². The largest absolute Gasteiger partial charge is 0.338 e. The second kappa shape index (κ2) is 6.49. The number of halogens is 1. The Balaban J connectivity index is 1.68. The van der Waals surface area contributed by atoms with E-state index in [0.717, 1.165) is 30.5 Å². The first kappa shape index (κ1) is 15.0. The minimum atomic E-state index is 0.168. The van der Waals surface area contributed by atoms with Gasteiger partial charge >= 0.3 is 0 Å². The van der Waals surface area contributed by atoms with Crippen LogP contribution in [0.25, 0.3) is 0 Å². The van der Waals surface area contributed by atoms with Gasteiger partial charge in [-0.05, 0) is 50.0 Å². The highest BCUT2D eigenvalue weighted by Crippen LogP contribution is 2.36. The molecular formula is C17H23BrN2O. The highest BCUT2D eigenvalue weighted by atomic mass is 79.9. The van der Waals surface area contributed by atoms with Crippen LogP contribution < -0.4 is 0 Å². The van der Waals surface area contributed by atoms with E-state index >= 15 is 0 Å². The molecule has 2 aliphatic rings. The molecule has 2 aliphatic heterocycles. The highest BCUT2D eigenvalue weighted by molar-refractivity contribution is 9.10. The van der Waals surface area contributed by atoms with Gasteiger partial charge in [-0.25, -0.2) is 0 Å². The SMILES string of the molecule is CN1C(=O)[C@@H](CN2CCCCC2)C[C@H]1c1ccc(Br)cc1. The van der Waals surface area contributed by atoms with Gasteiger partial charge in [0.1, 0.15) is 0 Å². The lowest BCUT2D eigenvalue weighted by atomic mass is 9.98. The van der Waals surface area contributed by atoms with Crippen LogP contribution in [0.15, 0.2) is 28.7 Å². The van der Waals surface area contributed by atoms with Crippen molar-refractivity contribution in [1.82, 2.24) is 9.80 Å². The van der Waals surface area contributed by atoms with Crippen LogP contribution in [0.3, 0.4) is 0 Å². The van der Waals surface area contributed by atoms with Crippen LogP contribution in [-0.2, 0) is 4.79 Å². The van der Waals surface area contributed by atoms with Crippen molar-refractivity contribution in [2.75, 3.05) is 26.7 Å². The zero-order valence-electron chi connectivity index (χ0n) is 12.6. The van der Waals surface area contributed by atoms with Crippen molar-refractivity contribution in [3.8, 4) is 0 Å². The van der Waals surface area contributed by atoms with Gasteiger partial charge < -0.3 is 9.80 Å². The smallest absolute Gasteiger partial charge is 0.227 e. The molecule has 2 heterocycles. The summed E-state index contributed by atoms with van der Waals surface area (Å²) in [6.07, 6.45) is 4.86. The Bertz CT molecular complexity index is 496. The third-order valence-electron chi connectivity index (χ3n) is 4.85. The Labute approximate surface area is 135 Å². The molecule has 0 saturated carbocycles. The quantitative estimate of drug-likeness (QED) is 0.833. The molecule has 3 nitrogen and oxygen atoms in total. The second-order valence-electron chi connectivity index (χ2n) is 6.31. The predicted octanol–water partition coefficient (Wildman–Crippen LogP) is 3.45. The highest BCUT2D eigenvalue weighted by Gasteiger charge is 2.38. The molecule has 114 valence electrons. The van der Waals surface area contributed by atoms with Crippen molar-refractivity contribution in [2.45, 2.75) is 31.7 Å². The molecule has 4 heteroatoms. The zero-order valence-corrected chi connectivity index (χ0v) is 14.2. The molecule has 3 rings (SSSR count).